The number of thiazole rings is 2. The molecule has 0 bridgehead atoms. The van der Waals surface area contributed by atoms with Crippen LogP contribution in [0.3, 0.4) is 0 Å². The van der Waals surface area contributed by atoms with E-state index in [0.29, 0.717) is 29.7 Å². The highest BCUT2D eigenvalue weighted by Gasteiger charge is 2.31. The standard InChI is InChI=1S/C25H35F3N4OS2/c1-17-29-15-21(34-17)14-20(33)13-19-5-3-18(4-6-19)7-10-32-11-8-22-23(9-12-32)35-24(30-22)31(2)16-25(26,27)28/h15,18-19H,3-14,16H2,1-2H3. The second-order valence-corrected chi connectivity index (χ2v) is 12.5. The molecule has 0 amide bonds. The maximum absolute atomic E-state index is 12.7. The van der Waals surface area contributed by atoms with Gasteiger partial charge >= 0.3 is 6.18 Å². The third-order valence-corrected chi connectivity index (χ3v) is 9.39. The molecule has 2 aliphatic rings. The Kier molecular flexibility index (Phi) is 8.86. The van der Waals surface area contributed by atoms with Crippen molar-refractivity contribution in [2.75, 3.05) is 38.1 Å². The number of nitrogens with zero attached hydrogens (tertiary/aromatic N) is 4. The molecule has 0 N–H and O–H groups in total. The molecule has 194 valence electrons. The van der Waals surface area contributed by atoms with Gasteiger partial charge in [-0.25, -0.2) is 9.97 Å². The van der Waals surface area contributed by atoms with Crippen LogP contribution < -0.4 is 4.90 Å². The molecule has 4 rings (SSSR count). The van der Waals surface area contributed by atoms with E-state index in [9.17, 15) is 18.0 Å². The summed E-state index contributed by atoms with van der Waals surface area (Å²) in [7, 11) is 1.46. The highest BCUT2D eigenvalue weighted by Crippen LogP contribution is 2.34. The molecule has 0 atom stereocenters. The average Bonchev–Trinajstić information content (AvgIpc) is 3.33. The number of anilines is 1. The average molecular weight is 529 g/mol. The molecule has 0 saturated heterocycles. The van der Waals surface area contributed by atoms with Crippen molar-refractivity contribution in [2.45, 2.75) is 70.9 Å². The van der Waals surface area contributed by atoms with Gasteiger partial charge in [-0.15, -0.1) is 22.7 Å². The van der Waals surface area contributed by atoms with Crippen LogP contribution in [0.4, 0.5) is 18.3 Å². The molecule has 0 unspecified atom stereocenters. The van der Waals surface area contributed by atoms with Crippen LogP contribution in [0, 0.1) is 18.8 Å². The Labute approximate surface area is 213 Å². The molecule has 0 aromatic carbocycles. The van der Waals surface area contributed by atoms with Gasteiger partial charge in [-0.2, -0.15) is 13.2 Å². The first kappa shape index (κ1) is 26.5. The number of aromatic nitrogens is 2. The lowest BCUT2D eigenvalue weighted by atomic mass is 9.78. The summed E-state index contributed by atoms with van der Waals surface area (Å²) in [6.45, 7) is 3.93. The van der Waals surface area contributed by atoms with Crippen molar-refractivity contribution in [3.8, 4) is 0 Å². The predicted molar refractivity (Wildman–Crippen MR) is 136 cm³/mol. The summed E-state index contributed by atoms with van der Waals surface area (Å²) in [5.41, 5.74) is 0.972. The van der Waals surface area contributed by atoms with Crippen molar-refractivity contribution in [2.24, 2.45) is 11.8 Å². The smallest absolute Gasteiger partial charge is 0.342 e. The zero-order chi connectivity index (χ0) is 25.0. The quantitative estimate of drug-likeness (QED) is 0.418. The molecule has 2 aromatic rings. The van der Waals surface area contributed by atoms with Gasteiger partial charge < -0.3 is 9.80 Å². The maximum atomic E-state index is 12.7. The van der Waals surface area contributed by atoms with E-state index in [0.717, 1.165) is 71.7 Å². The van der Waals surface area contributed by atoms with Crippen molar-refractivity contribution < 1.29 is 18.0 Å². The van der Waals surface area contributed by atoms with Crippen molar-refractivity contribution in [1.82, 2.24) is 14.9 Å². The summed E-state index contributed by atoms with van der Waals surface area (Å²) in [6, 6.07) is 0. The molecule has 2 aromatic heterocycles. The Morgan fingerprint density at radius 3 is 2.54 bits per heavy atom. The summed E-state index contributed by atoms with van der Waals surface area (Å²) in [5.74, 6) is 1.59. The van der Waals surface area contributed by atoms with Crippen molar-refractivity contribution in [1.29, 1.82) is 0 Å². The third-order valence-electron chi connectivity index (χ3n) is 7.21. The third kappa shape index (κ3) is 7.98. The van der Waals surface area contributed by atoms with Crippen LogP contribution in [0.5, 0.6) is 0 Å². The van der Waals surface area contributed by atoms with E-state index >= 15 is 0 Å². The zero-order valence-electron chi connectivity index (χ0n) is 20.6. The van der Waals surface area contributed by atoms with Gasteiger partial charge in [0.1, 0.15) is 12.3 Å². The van der Waals surface area contributed by atoms with Gasteiger partial charge in [0.15, 0.2) is 5.13 Å². The van der Waals surface area contributed by atoms with E-state index in [1.807, 2.05) is 13.1 Å². The van der Waals surface area contributed by atoms with E-state index in [1.54, 1.807) is 11.3 Å². The highest BCUT2D eigenvalue weighted by atomic mass is 32.1. The minimum absolute atomic E-state index is 0.343. The fourth-order valence-electron chi connectivity index (χ4n) is 5.28. The zero-order valence-corrected chi connectivity index (χ0v) is 22.2. The summed E-state index contributed by atoms with van der Waals surface area (Å²) >= 11 is 3.03. The Balaban J connectivity index is 1.15. The van der Waals surface area contributed by atoms with Crippen LogP contribution in [0.2, 0.25) is 0 Å². The Morgan fingerprint density at radius 1 is 1.14 bits per heavy atom. The second-order valence-electron chi connectivity index (χ2n) is 10.1. The fraction of sp³-hybridized carbons (Fsp3) is 0.720. The van der Waals surface area contributed by atoms with Gasteiger partial charge in [0.2, 0.25) is 0 Å². The molecule has 35 heavy (non-hydrogen) atoms. The van der Waals surface area contributed by atoms with Crippen LogP contribution in [0.15, 0.2) is 6.20 Å². The Hall–Kier alpha value is -1.52. The Morgan fingerprint density at radius 2 is 1.86 bits per heavy atom. The van der Waals surface area contributed by atoms with Crippen molar-refractivity contribution >= 4 is 33.6 Å². The predicted octanol–water partition coefficient (Wildman–Crippen LogP) is 5.71. The monoisotopic (exact) mass is 528 g/mol. The number of halogens is 3. The molecule has 1 fully saturated rings. The molecule has 5 nitrogen and oxygen atoms in total. The van der Waals surface area contributed by atoms with E-state index < -0.39 is 12.7 Å². The first-order chi connectivity index (χ1) is 16.6. The fourth-order valence-corrected chi connectivity index (χ4v) is 7.16. The number of hydrogen-bond donors (Lipinski definition) is 0. The van der Waals surface area contributed by atoms with Crippen molar-refractivity contribution in [3.05, 3.63) is 26.7 Å². The topological polar surface area (TPSA) is 49.3 Å². The number of rotatable bonds is 9. The maximum Gasteiger partial charge on any atom is 0.405 e. The number of hydrogen-bond acceptors (Lipinski definition) is 7. The number of ketones is 1. The normalized spacial score (nSPS) is 21.5. The SMILES string of the molecule is Cc1ncc(CC(=O)CC2CCC(CCN3CCc4nc(N(C)CC(F)(F)F)sc4CC3)CC2)s1. The molecular weight excluding hydrogens is 493 g/mol. The van der Waals surface area contributed by atoms with E-state index in [1.165, 1.54) is 42.5 Å². The molecule has 0 radical (unpaired) electrons. The summed E-state index contributed by atoms with van der Waals surface area (Å²) in [4.78, 5) is 27.1. The number of Topliss-reactive ketones (excluding diaryl/α,β-unsaturated/α-hetero) is 1. The number of alkyl halides is 3. The first-order valence-corrected chi connectivity index (χ1v) is 14.2. The highest BCUT2D eigenvalue weighted by molar-refractivity contribution is 7.15. The first-order valence-electron chi connectivity index (χ1n) is 12.6. The lowest BCUT2D eigenvalue weighted by molar-refractivity contribution is -0.120. The molecule has 3 heterocycles. The van der Waals surface area contributed by atoms with Gasteiger partial charge in [0.25, 0.3) is 0 Å². The van der Waals surface area contributed by atoms with Crippen LogP contribution in [0.1, 0.15) is 59.0 Å². The van der Waals surface area contributed by atoms with Gasteiger partial charge in [-0.05, 0) is 51.0 Å². The lowest BCUT2D eigenvalue weighted by Crippen LogP contribution is -2.31. The number of carbonyl (C=O) groups excluding carboxylic acids is 1. The van der Waals surface area contributed by atoms with Crippen molar-refractivity contribution in [3.63, 3.8) is 0 Å². The summed E-state index contributed by atoms with van der Waals surface area (Å²) in [5, 5.41) is 1.49. The van der Waals surface area contributed by atoms with E-state index in [-0.39, 0.29) is 0 Å². The van der Waals surface area contributed by atoms with E-state index in [2.05, 4.69) is 14.9 Å². The summed E-state index contributed by atoms with van der Waals surface area (Å²) in [6.07, 6.45) is 6.39. The second kappa shape index (κ2) is 11.7. The lowest BCUT2D eigenvalue weighted by Gasteiger charge is -2.30. The van der Waals surface area contributed by atoms with Gasteiger partial charge in [-0.1, -0.05) is 12.8 Å². The van der Waals surface area contributed by atoms with Crippen LogP contribution in [-0.4, -0.2) is 60.1 Å². The number of fused-ring (bicyclic) bond motifs is 1. The Bertz CT molecular complexity index is 956. The van der Waals surface area contributed by atoms with Gasteiger partial charge in [0.05, 0.1) is 10.7 Å². The summed E-state index contributed by atoms with van der Waals surface area (Å²) < 4.78 is 38.1. The minimum atomic E-state index is -4.22. The van der Waals surface area contributed by atoms with Gasteiger partial charge in [-0.3, -0.25) is 4.79 Å². The van der Waals surface area contributed by atoms with Gasteiger partial charge in [0, 0.05) is 55.4 Å². The largest absolute Gasteiger partial charge is 0.405 e. The van der Waals surface area contributed by atoms with Crippen LogP contribution in [0.25, 0.3) is 0 Å². The minimum Gasteiger partial charge on any atom is -0.342 e. The molecule has 10 heteroatoms. The molecule has 1 aliphatic heterocycles. The van der Waals surface area contributed by atoms with E-state index in [4.69, 9.17) is 0 Å². The molecule has 0 spiro atoms. The number of carbonyl (C=O) groups is 1. The molecule has 1 aliphatic carbocycles. The molecular formula is C25H35F3N4OS2. The molecule has 1 saturated carbocycles. The van der Waals surface area contributed by atoms with Crippen LogP contribution >= 0.6 is 22.7 Å². The number of aryl methyl sites for hydroxylation is 1. The van der Waals surface area contributed by atoms with Crippen LogP contribution in [-0.2, 0) is 24.1 Å².